The van der Waals surface area contributed by atoms with Crippen LogP contribution in [-0.4, -0.2) is 19.8 Å². The normalized spacial score (nSPS) is 11.0. The van der Waals surface area contributed by atoms with Crippen molar-refractivity contribution in [3.63, 3.8) is 0 Å². The fourth-order valence-electron chi connectivity index (χ4n) is 3.31. The van der Waals surface area contributed by atoms with E-state index in [-0.39, 0.29) is 0 Å². The summed E-state index contributed by atoms with van der Waals surface area (Å²) in [6.45, 7) is 6.98. The second kappa shape index (κ2) is 19.8. The van der Waals surface area contributed by atoms with Gasteiger partial charge in [0.1, 0.15) is 0 Å². The summed E-state index contributed by atoms with van der Waals surface area (Å²) in [5.41, 5.74) is 0. The molecule has 132 valence electrons. The van der Waals surface area contributed by atoms with Crippen molar-refractivity contribution in [3.05, 3.63) is 0 Å². The minimum absolute atomic E-state index is 0.985. The standard InChI is InChI=1S/3C7H15.Sn/c3*1-3-5-7-6-4-2;/h3*1,3-7H2,2H3;/q;;;+1. The van der Waals surface area contributed by atoms with Crippen LogP contribution in [0.5, 0.6) is 0 Å². The van der Waals surface area contributed by atoms with Gasteiger partial charge in [0.05, 0.1) is 0 Å². The molecule has 1 heteroatoms. The first-order valence-electron chi connectivity index (χ1n) is 10.7. The molecular weight excluding hydrogens is 371 g/mol. The molecule has 0 aliphatic carbocycles. The third-order valence-electron chi connectivity index (χ3n) is 4.90. The van der Waals surface area contributed by atoms with Crippen molar-refractivity contribution in [1.82, 2.24) is 0 Å². The summed E-state index contributed by atoms with van der Waals surface area (Å²) in [6, 6.07) is 0. The zero-order chi connectivity index (χ0) is 16.3. The molecule has 0 fully saturated rings. The van der Waals surface area contributed by atoms with Crippen molar-refractivity contribution >= 4 is 19.8 Å². The van der Waals surface area contributed by atoms with Gasteiger partial charge in [0, 0.05) is 0 Å². The Bertz CT molecular complexity index is 157. The summed E-state index contributed by atoms with van der Waals surface area (Å²) < 4.78 is 5.15. The molecule has 22 heavy (non-hydrogen) atoms. The van der Waals surface area contributed by atoms with Crippen molar-refractivity contribution in [2.24, 2.45) is 0 Å². The van der Waals surface area contributed by atoms with Gasteiger partial charge in [-0.1, -0.05) is 0 Å². The maximum absolute atomic E-state index is 2.33. The average molecular weight is 416 g/mol. The average Bonchev–Trinajstić information content (AvgIpc) is 2.53. The maximum atomic E-state index is 2.33. The molecular formula is C21H45Sn+. The Morgan fingerprint density at radius 3 is 0.909 bits per heavy atom. The zero-order valence-corrected chi connectivity index (χ0v) is 19.1. The van der Waals surface area contributed by atoms with Gasteiger partial charge in [0.2, 0.25) is 0 Å². The molecule has 0 N–H and O–H groups in total. The Morgan fingerprint density at radius 1 is 0.364 bits per heavy atom. The van der Waals surface area contributed by atoms with Crippen LogP contribution in [0.4, 0.5) is 0 Å². The van der Waals surface area contributed by atoms with Crippen LogP contribution in [0.15, 0.2) is 0 Å². The quantitative estimate of drug-likeness (QED) is 0.155. The van der Waals surface area contributed by atoms with Gasteiger partial charge in [-0.3, -0.25) is 0 Å². The first-order valence-corrected chi connectivity index (χ1v) is 16.7. The number of hydrogen-bond donors (Lipinski definition) is 0. The van der Waals surface area contributed by atoms with E-state index in [0.29, 0.717) is 0 Å². The van der Waals surface area contributed by atoms with Crippen LogP contribution in [0.25, 0.3) is 0 Å². The van der Waals surface area contributed by atoms with E-state index in [2.05, 4.69) is 20.8 Å². The summed E-state index contributed by atoms with van der Waals surface area (Å²) in [4.78, 5) is 0. The van der Waals surface area contributed by atoms with Crippen molar-refractivity contribution in [2.75, 3.05) is 0 Å². The zero-order valence-electron chi connectivity index (χ0n) is 16.2. The van der Waals surface area contributed by atoms with E-state index < -0.39 is 19.8 Å². The Morgan fingerprint density at radius 2 is 0.636 bits per heavy atom. The van der Waals surface area contributed by atoms with Gasteiger partial charge in [-0.2, -0.15) is 0 Å². The molecule has 0 aromatic rings. The van der Waals surface area contributed by atoms with E-state index in [1.165, 1.54) is 77.0 Å². The Labute approximate surface area is 150 Å². The van der Waals surface area contributed by atoms with Crippen molar-refractivity contribution in [1.29, 1.82) is 0 Å². The molecule has 0 amide bonds. The molecule has 0 saturated carbocycles. The molecule has 0 aliphatic heterocycles. The van der Waals surface area contributed by atoms with Crippen LogP contribution in [0.2, 0.25) is 13.3 Å². The minimum atomic E-state index is -0.985. The van der Waals surface area contributed by atoms with Gasteiger partial charge < -0.3 is 0 Å². The summed E-state index contributed by atoms with van der Waals surface area (Å²) >= 11 is -0.985. The summed E-state index contributed by atoms with van der Waals surface area (Å²) in [6.07, 6.45) is 22.4. The fraction of sp³-hybridized carbons (Fsp3) is 1.00. The van der Waals surface area contributed by atoms with Gasteiger partial charge >= 0.3 is 150 Å². The van der Waals surface area contributed by atoms with Gasteiger partial charge in [-0.05, 0) is 0 Å². The topological polar surface area (TPSA) is 0 Å². The first kappa shape index (κ1) is 22.8. The molecule has 0 aliphatic rings. The van der Waals surface area contributed by atoms with E-state index in [4.69, 9.17) is 0 Å². The van der Waals surface area contributed by atoms with E-state index in [1.54, 1.807) is 32.6 Å². The molecule has 0 atom stereocenters. The van der Waals surface area contributed by atoms with Crippen molar-refractivity contribution in [2.45, 2.75) is 130 Å². The molecule has 0 unspecified atom stereocenters. The Hall–Kier alpha value is 0.799. The van der Waals surface area contributed by atoms with E-state index in [0.717, 1.165) is 0 Å². The van der Waals surface area contributed by atoms with Crippen LogP contribution >= 0.6 is 0 Å². The van der Waals surface area contributed by atoms with E-state index in [9.17, 15) is 0 Å². The van der Waals surface area contributed by atoms with Gasteiger partial charge in [-0.15, -0.1) is 0 Å². The van der Waals surface area contributed by atoms with Crippen LogP contribution in [0.1, 0.15) is 117 Å². The third-order valence-corrected chi connectivity index (χ3v) is 14.0. The Balaban J connectivity index is 3.72. The predicted molar refractivity (Wildman–Crippen MR) is 106 cm³/mol. The van der Waals surface area contributed by atoms with E-state index in [1.807, 2.05) is 0 Å². The molecule has 0 aromatic carbocycles. The monoisotopic (exact) mass is 417 g/mol. The van der Waals surface area contributed by atoms with Gasteiger partial charge in [-0.25, -0.2) is 0 Å². The number of unbranched alkanes of at least 4 members (excludes halogenated alkanes) is 12. The van der Waals surface area contributed by atoms with Gasteiger partial charge in [0.25, 0.3) is 0 Å². The molecule has 0 aromatic heterocycles. The predicted octanol–water partition coefficient (Wildman–Crippen LogP) is 8.39. The molecule has 0 heterocycles. The number of rotatable bonds is 18. The van der Waals surface area contributed by atoms with Crippen LogP contribution in [0.3, 0.4) is 0 Å². The molecule has 0 bridgehead atoms. The van der Waals surface area contributed by atoms with E-state index >= 15 is 0 Å². The molecule has 0 nitrogen and oxygen atoms in total. The molecule has 0 radical (unpaired) electrons. The Kier molecular flexibility index (Phi) is 20.6. The first-order chi connectivity index (χ1) is 10.8. The second-order valence-electron chi connectivity index (χ2n) is 7.24. The third kappa shape index (κ3) is 17.2. The summed E-state index contributed by atoms with van der Waals surface area (Å²) in [5.74, 6) is 0. The summed E-state index contributed by atoms with van der Waals surface area (Å²) in [7, 11) is 0. The molecule has 0 saturated heterocycles. The van der Waals surface area contributed by atoms with Crippen LogP contribution in [0, 0.1) is 0 Å². The number of hydrogen-bond acceptors (Lipinski definition) is 0. The van der Waals surface area contributed by atoms with Crippen molar-refractivity contribution < 1.29 is 0 Å². The summed E-state index contributed by atoms with van der Waals surface area (Å²) in [5, 5.41) is 0. The fourth-order valence-corrected chi connectivity index (χ4v) is 11.9. The van der Waals surface area contributed by atoms with Crippen LogP contribution in [-0.2, 0) is 0 Å². The van der Waals surface area contributed by atoms with Gasteiger partial charge in [0.15, 0.2) is 0 Å². The SMILES string of the molecule is CCCCCC[CH2][Sn+]([CH2]CCCCCC)[CH2]CCCCCC. The van der Waals surface area contributed by atoms with Crippen LogP contribution < -0.4 is 0 Å². The van der Waals surface area contributed by atoms with Crippen molar-refractivity contribution in [3.8, 4) is 0 Å². The molecule has 0 spiro atoms. The second-order valence-corrected chi connectivity index (χ2v) is 15.8. The molecule has 0 rings (SSSR count).